The van der Waals surface area contributed by atoms with Gasteiger partial charge in [0.15, 0.2) is 0 Å². The maximum absolute atomic E-state index is 13.2. The predicted molar refractivity (Wildman–Crippen MR) is 107 cm³/mol. The maximum atomic E-state index is 13.2. The lowest BCUT2D eigenvalue weighted by Gasteiger charge is -2.26. The number of amides is 1. The molecule has 138 valence electrons. The van der Waals surface area contributed by atoms with Gasteiger partial charge in [-0.3, -0.25) is 9.69 Å². The number of halogens is 1. The van der Waals surface area contributed by atoms with Crippen LogP contribution in [0.25, 0.3) is 0 Å². The van der Waals surface area contributed by atoms with Crippen LogP contribution in [-0.2, 0) is 16.8 Å². The highest BCUT2D eigenvalue weighted by atomic mass is 32.2. The summed E-state index contributed by atoms with van der Waals surface area (Å²) in [6, 6.07) is 14.1. The standard InChI is InChI=1S/C21H25FN2OS/c1-21(2,17-6-8-18(22)9-7-17)20(25)23-19-5-3-4-16(14-19)15-24-10-12-26-13-11-24/h3-9,14H,10-13,15H2,1-2H3,(H,23,25). The van der Waals surface area contributed by atoms with Gasteiger partial charge in [-0.15, -0.1) is 0 Å². The van der Waals surface area contributed by atoms with Crippen LogP contribution in [0.3, 0.4) is 0 Å². The van der Waals surface area contributed by atoms with E-state index in [9.17, 15) is 9.18 Å². The van der Waals surface area contributed by atoms with Crippen molar-refractivity contribution in [1.82, 2.24) is 4.90 Å². The molecule has 0 spiro atoms. The molecule has 1 amide bonds. The normalized spacial score (nSPS) is 15.7. The van der Waals surface area contributed by atoms with Crippen LogP contribution in [0.2, 0.25) is 0 Å². The molecule has 3 rings (SSSR count). The lowest BCUT2D eigenvalue weighted by Crippen LogP contribution is -2.35. The van der Waals surface area contributed by atoms with Gasteiger partial charge < -0.3 is 5.32 Å². The molecule has 0 bridgehead atoms. The Morgan fingerprint density at radius 1 is 1.15 bits per heavy atom. The molecule has 0 aliphatic carbocycles. The number of nitrogens with one attached hydrogen (secondary N) is 1. The molecule has 0 saturated carbocycles. The minimum absolute atomic E-state index is 0.101. The molecule has 1 N–H and O–H groups in total. The highest BCUT2D eigenvalue weighted by molar-refractivity contribution is 7.99. The Labute approximate surface area is 159 Å². The molecule has 5 heteroatoms. The lowest BCUT2D eigenvalue weighted by atomic mass is 9.83. The third-order valence-corrected chi connectivity index (χ3v) is 5.77. The average Bonchev–Trinajstić information content (AvgIpc) is 2.63. The van der Waals surface area contributed by atoms with Gasteiger partial charge >= 0.3 is 0 Å². The van der Waals surface area contributed by atoms with Gasteiger partial charge in [-0.25, -0.2) is 4.39 Å². The summed E-state index contributed by atoms with van der Waals surface area (Å²) in [5, 5.41) is 3.02. The smallest absolute Gasteiger partial charge is 0.234 e. The fraction of sp³-hybridized carbons (Fsp3) is 0.381. The molecule has 2 aromatic rings. The number of hydrogen-bond donors (Lipinski definition) is 1. The fourth-order valence-electron chi connectivity index (χ4n) is 3.05. The van der Waals surface area contributed by atoms with Crippen molar-refractivity contribution in [3.63, 3.8) is 0 Å². The Hall–Kier alpha value is -1.85. The molecule has 0 unspecified atom stereocenters. The molecule has 1 heterocycles. The molecule has 1 fully saturated rings. The van der Waals surface area contributed by atoms with Gasteiger partial charge in [-0.1, -0.05) is 24.3 Å². The first kappa shape index (κ1) is 18.9. The van der Waals surface area contributed by atoms with Crippen molar-refractivity contribution in [2.75, 3.05) is 29.9 Å². The Morgan fingerprint density at radius 3 is 2.54 bits per heavy atom. The van der Waals surface area contributed by atoms with E-state index < -0.39 is 5.41 Å². The van der Waals surface area contributed by atoms with Gasteiger partial charge in [0, 0.05) is 36.8 Å². The van der Waals surface area contributed by atoms with Crippen LogP contribution < -0.4 is 5.32 Å². The van der Waals surface area contributed by atoms with E-state index in [1.807, 2.05) is 43.8 Å². The number of rotatable bonds is 5. The van der Waals surface area contributed by atoms with Crippen molar-refractivity contribution in [1.29, 1.82) is 0 Å². The number of thioether (sulfide) groups is 1. The van der Waals surface area contributed by atoms with E-state index in [4.69, 9.17) is 0 Å². The summed E-state index contributed by atoms with van der Waals surface area (Å²) >= 11 is 2.00. The number of nitrogens with zero attached hydrogens (tertiary/aromatic N) is 1. The summed E-state index contributed by atoms with van der Waals surface area (Å²) in [6.07, 6.45) is 0. The van der Waals surface area contributed by atoms with E-state index in [0.29, 0.717) is 0 Å². The summed E-state index contributed by atoms with van der Waals surface area (Å²) < 4.78 is 13.2. The molecule has 3 nitrogen and oxygen atoms in total. The topological polar surface area (TPSA) is 32.3 Å². The second-order valence-electron chi connectivity index (χ2n) is 7.17. The maximum Gasteiger partial charge on any atom is 0.234 e. The SMILES string of the molecule is CC(C)(C(=O)Nc1cccc(CN2CCSCC2)c1)c1ccc(F)cc1. The highest BCUT2D eigenvalue weighted by Gasteiger charge is 2.29. The molecule has 1 aliphatic rings. The van der Waals surface area contributed by atoms with Gasteiger partial charge in [0.2, 0.25) is 5.91 Å². The van der Waals surface area contributed by atoms with Crippen LogP contribution in [0.5, 0.6) is 0 Å². The zero-order chi connectivity index (χ0) is 18.6. The number of carbonyl (C=O) groups excluding carboxylic acids is 1. The second kappa shape index (κ2) is 8.23. The van der Waals surface area contributed by atoms with Gasteiger partial charge in [0.05, 0.1) is 5.41 Å². The van der Waals surface area contributed by atoms with Crippen LogP contribution in [0.1, 0.15) is 25.0 Å². The van der Waals surface area contributed by atoms with Crippen molar-refractivity contribution in [2.24, 2.45) is 0 Å². The Morgan fingerprint density at radius 2 is 1.85 bits per heavy atom. The molecular formula is C21H25FN2OS. The minimum Gasteiger partial charge on any atom is -0.325 e. The van der Waals surface area contributed by atoms with Gasteiger partial charge in [-0.05, 0) is 49.2 Å². The molecule has 1 saturated heterocycles. The van der Waals surface area contributed by atoms with Crippen molar-refractivity contribution < 1.29 is 9.18 Å². The summed E-state index contributed by atoms with van der Waals surface area (Å²) in [5.74, 6) is 1.97. The summed E-state index contributed by atoms with van der Waals surface area (Å²) in [5.41, 5.74) is 2.05. The first-order valence-electron chi connectivity index (χ1n) is 8.92. The van der Waals surface area contributed by atoms with Crippen LogP contribution in [-0.4, -0.2) is 35.4 Å². The van der Waals surface area contributed by atoms with Gasteiger partial charge in [-0.2, -0.15) is 11.8 Å². The zero-order valence-electron chi connectivity index (χ0n) is 15.3. The molecule has 0 atom stereocenters. The molecule has 0 radical (unpaired) electrons. The van der Waals surface area contributed by atoms with Crippen LogP contribution in [0, 0.1) is 5.82 Å². The Bertz CT molecular complexity index is 755. The number of anilines is 1. The minimum atomic E-state index is -0.742. The molecule has 2 aromatic carbocycles. The molecule has 26 heavy (non-hydrogen) atoms. The van der Waals surface area contributed by atoms with Crippen molar-refractivity contribution in [3.05, 3.63) is 65.5 Å². The van der Waals surface area contributed by atoms with Crippen molar-refractivity contribution in [3.8, 4) is 0 Å². The van der Waals surface area contributed by atoms with Crippen LogP contribution in [0.15, 0.2) is 48.5 Å². The number of benzene rings is 2. The largest absolute Gasteiger partial charge is 0.325 e. The van der Waals surface area contributed by atoms with E-state index in [2.05, 4.69) is 16.3 Å². The first-order chi connectivity index (χ1) is 12.4. The fourth-order valence-corrected chi connectivity index (χ4v) is 4.03. The Balaban J connectivity index is 1.68. The highest BCUT2D eigenvalue weighted by Crippen LogP contribution is 2.26. The molecule has 1 aliphatic heterocycles. The Kier molecular flexibility index (Phi) is 5.99. The van der Waals surface area contributed by atoms with Crippen LogP contribution >= 0.6 is 11.8 Å². The quantitative estimate of drug-likeness (QED) is 0.850. The van der Waals surface area contributed by atoms with E-state index in [1.54, 1.807) is 12.1 Å². The van der Waals surface area contributed by atoms with Gasteiger partial charge in [0.1, 0.15) is 5.82 Å². The summed E-state index contributed by atoms with van der Waals surface area (Å²) in [6.45, 7) is 6.83. The predicted octanol–water partition coefficient (Wildman–Crippen LogP) is 4.29. The number of carbonyl (C=O) groups is 1. The number of hydrogen-bond acceptors (Lipinski definition) is 3. The average molecular weight is 373 g/mol. The third kappa shape index (κ3) is 4.65. The zero-order valence-corrected chi connectivity index (χ0v) is 16.1. The summed E-state index contributed by atoms with van der Waals surface area (Å²) in [7, 11) is 0. The lowest BCUT2D eigenvalue weighted by molar-refractivity contribution is -0.120. The monoisotopic (exact) mass is 372 g/mol. The van der Waals surface area contributed by atoms with Crippen LogP contribution in [0.4, 0.5) is 10.1 Å². The van der Waals surface area contributed by atoms with Crippen molar-refractivity contribution >= 4 is 23.4 Å². The van der Waals surface area contributed by atoms with Gasteiger partial charge in [0.25, 0.3) is 0 Å². The van der Waals surface area contributed by atoms with E-state index in [1.165, 1.54) is 29.2 Å². The third-order valence-electron chi connectivity index (χ3n) is 4.83. The summed E-state index contributed by atoms with van der Waals surface area (Å²) in [4.78, 5) is 15.2. The molecular weight excluding hydrogens is 347 g/mol. The van der Waals surface area contributed by atoms with E-state index >= 15 is 0 Å². The second-order valence-corrected chi connectivity index (χ2v) is 8.40. The van der Waals surface area contributed by atoms with E-state index in [0.717, 1.165) is 30.9 Å². The van der Waals surface area contributed by atoms with E-state index in [-0.39, 0.29) is 11.7 Å². The molecule has 0 aromatic heterocycles. The first-order valence-corrected chi connectivity index (χ1v) is 10.1. The van der Waals surface area contributed by atoms with Crippen molar-refractivity contribution in [2.45, 2.75) is 25.8 Å².